The number of hydrogen-bond donors (Lipinski definition) is 1. The molecule has 2 unspecified atom stereocenters. The van der Waals surface area contributed by atoms with Gasteiger partial charge in [0.25, 0.3) is 5.91 Å². The number of rotatable bonds is 10. The third kappa shape index (κ3) is 6.56. The number of hydrogen-bond acceptors (Lipinski definition) is 8. The van der Waals surface area contributed by atoms with Crippen LogP contribution in [0.4, 0.5) is 4.39 Å². The number of aryl methyl sites for hydroxylation is 1. The van der Waals surface area contributed by atoms with Crippen LogP contribution >= 0.6 is 0 Å². The summed E-state index contributed by atoms with van der Waals surface area (Å²) in [6.07, 6.45) is 12.3. The van der Waals surface area contributed by atoms with Gasteiger partial charge >= 0.3 is 0 Å². The SMILES string of the molecule is CCOc1cnn(Cc2cnccc2C)c1C(=O)NC1=CC(C)/C=C\C(Oc2ccnc3cc(OC)c(OC)cc23)C=C1F. The van der Waals surface area contributed by atoms with Gasteiger partial charge in [0.05, 0.1) is 44.8 Å². The van der Waals surface area contributed by atoms with Crippen molar-refractivity contribution in [3.05, 3.63) is 102 Å². The Hall–Kier alpha value is -5.19. The van der Waals surface area contributed by atoms with Gasteiger partial charge in [0.15, 0.2) is 22.9 Å². The number of ether oxygens (including phenoxy) is 4. The zero-order valence-electron chi connectivity index (χ0n) is 25.2. The number of fused-ring (bicyclic) bond motifs is 1. The van der Waals surface area contributed by atoms with Crippen LogP contribution in [-0.4, -0.2) is 52.6 Å². The van der Waals surface area contributed by atoms with Gasteiger partial charge in [-0.25, -0.2) is 4.39 Å². The molecule has 3 aromatic heterocycles. The summed E-state index contributed by atoms with van der Waals surface area (Å²) in [4.78, 5) is 22.3. The van der Waals surface area contributed by atoms with Gasteiger partial charge in [-0.1, -0.05) is 19.1 Å². The first-order chi connectivity index (χ1) is 21.3. The normalized spacial score (nSPS) is 17.1. The van der Waals surface area contributed by atoms with E-state index >= 15 is 4.39 Å². The molecule has 0 spiro atoms. The van der Waals surface area contributed by atoms with Gasteiger partial charge in [-0.3, -0.25) is 19.4 Å². The zero-order valence-corrected chi connectivity index (χ0v) is 25.2. The minimum Gasteiger partial charge on any atom is -0.493 e. The Kier molecular flexibility index (Phi) is 9.23. The second-order valence-electron chi connectivity index (χ2n) is 10.2. The van der Waals surface area contributed by atoms with Crippen LogP contribution < -0.4 is 24.3 Å². The topological polar surface area (TPSA) is 110 Å². The Morgan fingerprint density at radius 3 is 2.57 bits per heavy atom. The van der Waals surface area contributed by atoms with Crippen LogP contribution in [0.15, 0.2) is 84.9 Å². The van der Waals surface area contributed by atoms with Crippen molar-refractivity contribution in [1.29, 1.82) is 0 Å². The van der Waals surface area contributed by atoms with Crippen molar-refractivity contribution in [2.24, 2.45) is 5.92 Å². The summed E-state index contributed by atoms with van der Waals surface area (Å²) in [5, 5.41) is 7.80. The second kappa shape index (κ2) is 13.4. The van der Waals surface area contributed by atoms with E-state index in [0.29, 0.717) is 47.1 Å². The molecular weight excluding hydrogens is 565 g/mol. The number of nitrogens with zero attached hydrogens (tertiary/aromatic N) is 4. The molecule has 3 heterocycles. The van der Waals surface area contributed by atoms with Crippen molar-refractivity contribution in [2.45, 2.75) is 33.4 Å². The van der Waals surface area contributed by atoms with Crippen LogP contribution in [0.3, 0.4) is 0 Å². The van der Waals surface area contributed by atoms with Crippen LogP contribution in [0, 0.1) is 12.8 Å². The molecule has 1 amide bonds. The molecule has 10 nitrogen and oxygen atoms in total. The van der Waals surface area contributed by atoms with E-state index in [-0.39, 0.29) is 17.3 Å². The lowest BCUT2D eigenvalue weighted by atomic mass is 10.0. The van der Waals surface area contributed by atoms with Crippen molar-refractivity contribution in [2.75, 3.05) is 20.8 Å². The molecule has 228 valence electrons. The van der Waals surface area contributed by atoms with E-state index in [9.17, 15) is 4.79 Å². The Bertz CT molecular complexity index is 1760. The smallest absolute Gasteiger partial charge is 0.277 e. The van der Waals surface area contributed by atoms with E-state index < -0.39 is 17.8 Å². The van der Waals surface area contributed by atoms with Gasteiger partial charge in [0.1, 0.15) is 17.7 Å². The van der Waals surface area contributed by atoms with Crippen LogP contribution in [0.2, 0.25) is 0 Å². The molecule has 1 aliphatic rings. The maximum atomic E-state index is 15.9. The minimum atomic E-state index is -0.783. The molecule has 0 fully saturated rings. The first-order valence-electron chi connectivity index (χ1n) is 14.2. The third-order valence-electron chi connectivity index (χ3n) is 7.11. The molecule has 44 heavy (non-hydrogen) atoms. The Labute approximate surface area is 254 Å². The van der Waals surface area contributed by atoms with Crippen LogP contribution in [0.25, 0.3) is 10.9 Å². The summed E-state index contributed by atoms with van der Waals surface area (Å²) in [5.74, 6) is 0.399. The van der Waals surface area contributed by atoms with Crippen molar-refractivity contribution in [1.82, 2.24) is 25.1 Å². The Morgan fingerprint density at radius 2 is 1.82 bits per heavy atom. The van der Waals surface area contributed by atoms with E-state index in [0.717, 1.165) is 11.1 Å². The van der Waals surface area contributed by atoms with Crippen LogP contribution in [0.5, 0.6) is 23.0 Å². The highest BCUT2D eigenvalue weighted by Crippen LogP contribution is 2.36. The van der Waals surface area contributed by atoms with Crippen molar-refractivity contribution in [3.63, 3.8) is 0 Å². The maximum absolute atomic E-state index is 15.9. The molecule has 0 bridgehead atoms. The van der Waals surface area contributed by atoms with Gasteiger partial charge in [0, 0.05) is 30.0 Å². The third-order valence-corrected chi connectivity index (χ3v) is 7.11. The predicted octanol–water partition coefficient (Wildman–Crippen LogP) is 5.72. The fourth-order valence-electron chi connectivity index (χ4n) is 4.83. The predicted molar refractivity (Wildman–Crippen MR) is 164 cm³/mol. The highest BCUT2D eigenvalue weighted by Gasteiger charge is 2.24. The number of nitrogens with one attached hydrogen (secondary N) is 1. The van der Waals surface area contributed by atoms with E-state index in [1.54, 1.807) is 63.2 Å². The van der Waals surface area contributed by atoms with Crippen LogP contribution in [-0.2, 0) is 6.54 Å². The minimum absolute atomic E-state index is 0.0131. The van der Waals surface area contributed by atoms with Crippen molar-refractivity contribution in [3.8, 4) is 23.0 Å². The fourth-order valence-corrected chi connectivity index (χ4v) is 4.83. The molecule has 11 heteroatoms. The molecule has 2 atom stereocenters. The van der Waals surface area contributed by atoms with Gasteiger partial charge in [-0.2, -0.15) is 5.10 Å². The number of benzene rings is 1. The first-order valence-corrected chi connectivity index (χ1v) is 14.2. The first kappa shape index (κ1) is 30.3. The molecule has 0 saturated carbocycles. The number of allylic oxidation sites excluding steroid dienone is 3. The summed E-state index contributed by atoms with van der Waals surface area (Å²) < 4.78 is 40.2. The van der Waals surface area contributed by atoms with Gasteiger partial charge in [0.2, 0.25) is 0 Å². The van der Waals surface area contributed by atoms with Gasteiger partial charge < -0.3 is 24.3 Å². The van der Waals surface area contributed by atoms with Gasteiger partial charge in [-0.05, 0) is 61.2 Å². The van der Waals surface area contributed by atoms with Crippen molar-refractivity contribution >= 4 is 16.8 Å². The molecule has 5 rings (SSSR count). The summed E-state index contributed by atoms with van der Waals surface area (Å²) in [7, 11) is 3.10. The quantitative estimate of drug-likeness (QED) is 0.231. The highest BCUT2D eigenvalue weighted by molar-refractivity contribution is 5.96. The lowest BCUT2D eigenvalue weighted by molar-refractivity contribution is 0.0950. The molecule has 0 radical (unpaired) electrons. The zero-order chi connectivity index (χ0) is 31.2. The second-order valence-corrected chi connectivity index (χ2v) is 10.2. The Morgan fingerprint density at radius 1 is 1.02 bits per heavy atom. The number of carbonyl (C=O) groups is 1. The lowest BCUT2D eigenvalue weighted by Crippen LogP contribution is -2.28. The molecule has 1 aromatic carbocycles. The lowest BCUT2D eigenvalue weighted by Gasteiger charge is -2.19. The summed E-state index contributed by atoms with van der Waals surface area (Å²) in [6.45, 7) is 6.28. The largest absolute Gasteiger partial charge is 0.493 e. The fraction of sp³-hybridized carbons (Fsp3) is 0.273. The molecule has 1 N–H and O–H groups in total. The molecule has 0 saturated heterocycles. The average Bonchev–Trinajstić information content (AvgIpc) is 3.41. The maximum Gasteiger partial charge on any atom is 0.277 e. The van der Waals surface area contributed by atoms with E-state index in [1.165, 1.54) is 17.0 Å². The van der Waals surface area contributed by atoms with E-state index in [1.807, 2.05) is 32.9 Å². The van der Waals surface area contributed by atoms with Crippen molar-refractivity contribution < 1.29 is 28.1 Å². The number of methoxy groups -OCH3 is 2. The number of amides is 1. The monoisotopic (exact) mass is 599 g/mol. The van der Waals surface area contributed by atoms with Gasteiger partial charge in [-0.15, -0.1) is 0 Å². The summed E-state index contributed by atoms with van der Waals surface area (Å²) >= 11 is 0. The molecule has 1 aliphatic carbocycles. The number of aromatic nitrogens is 4. The van der Waals surface area contributed by atoms with E-state index in [2.05, 4.69) is 20.4 Å². The number of pyridine rings is 2. The summed E-state index contributed by atoms with van der Waals surface area (Å²) in [5.41, 5.74) is 2.71. The van der Waals surface area contributed by atoms with Crippen LogP contribution in [0.1, 0.15) is 35.5 Å². The van der Waals surface area contributed by atoms with E-state index in [4.69, 9.17) is 18.9 Å². The number of carbonyl (C=O) groups excluding carboxylic acids is 1. The molecule has 4 aromatic rings. The average molecular weight is 600 g/mol. The Balaban J connectivity index is 1.42. The summed E-state index contributed by atoms with van der Waals surface area (Å²) in [6, 6.07) is 7.11. The molecule has 0 aliphatic heterocycles. The standard InChI is InChI=1S/C33H34FN5O5/c1-6-43-31-18-37-39(19-22-17-35-11-9-21(22)3)32(31)33(40)38-27-13-20(2)7-8-23(14-25(27)34)44-28-10-12-36-26-16-30(42-5)29(41-4)15-24(26)28/h7-18,20,23H,6,19H2,1-5H3,(H,38,40)/b8-7-,25-14?,27-13?. The number of halogens is 1. The molecular formula is C33H34FN5O5. The highest BCUT2D eigenvalue weighted by atomic mass is 19.1.